The van der Waals surface area contributed by atoms with Crippen LogP contribution in [0.2, 0.25) is 0 Å². The number of carboxylic acids is 1. The van der Waals surface area contributed by atoms with E-state index >= 15 is 0 Å². The van der Waals surface area contributed by atoms with Crippen molar-refractivity contribution in [3.05, 3.63) is 35.4 Å². The second-order valence-corrected chi connectivity index (χ2v) is 6.42. The molecule has 0 spiro atoms. The molecular weight excluding hydrogens is 262 g/mol. The van der Waals surface area contributed by atoms with Crippen LogP contribution in [0.4, 0.5) is 5.69 Å². The molecule has 114 valence electrons. The minimum atomic E-state index is -0.911. The highest BCUT2D eigenvalue weighted by Crippen LogP contribution is 2.32. The minimum Gasteiger partial charge on any atom is -0.478 e. The Morgan fingerprint density at radius 2 is 2.05 bits per heavy atom. The fourth-order valence-corrected chi connectivity index (χ4v) is 3.24. The van der Waals surface area contributed by atoms with Gasteiger partial charge in [-0.3, -0.25) is 0 Å². The van der Waals surface area contributed by atoms with Gasteiger partial charge in [-0.1, -0.05) is 19.9 Å². The van der Waals surface area contributed by atoms with Crippen LogP contribution in [-0.2, 0) is 4.79 Å². The Balaban J connectivity index is 2.25. The van der Waals surface area contributed by atoms with E-state index < -0.39 is 5.97 Å². The van der Waals surface area contributed by atoms with Crippen molar-refractivity contribution in [1.29, 1.82) is 0 Å². The van der Waals surface area contributed by atoms with Crippen molar-refractivity contribution in [2.75, 3.05) is 11.4 Å². The number of hydrogen-bond acceptors (Lipinski definition) is 2. The van der Waals surface area contributed by atoms with Gasteiger partial charge in [0.05, 0.1) is 0 Å². The smallest absolute Gasteiger partial charge is 0.328 e. The third-order valence-corrected chi connectivity index (χ3v) is 4.59. The molecule has 1 aromatic carbocycles. The lowest BCUT2D eigenvalue weighted by Gasteiger charge is -2.42. The maximum Gasteiger partial charge on any atom is 0.328 e. The van der Waals surface area contributed by atoms with Gasteiger partial charge >= 0.3 is 5.97 Å². The van der Waals surface area contributed by atoms with Gasteiger partial charge in [-0.2, -0.15) is 0 Å². The van der Waals surface area contributed by atoms with Gasteiger partial charge in [0.2, 0.25) is 0 Å². The van der Waals surface area contributed by atoms with Crippen molar-refractivity contribution in [2.45, 2.75) is 40.2 Å². The zero-order valence-corrected chi connectivity index (χ0v) is 13.3. The summed E-state index contributed by atoms with van der Waals surface area (Å²) in [4.78, 5) is 13.1. The van der Waals surface area contributed by atoms with E-state index in [0.717, 1.165) is 17.7 Å². The van der Waals surface area contributed by atoms with Crippen molar-refractivity contribution in [3.63, 3.8) is 0 Å². The van der Waals surface area contributed by atoms with Crippen molar-refractivity contribution in [1.82, 2.24) is 0 Å². The van der Waals surface area contributed by atoms with Crippen molar-refractivity contribution in [2.24, 2.45) is 11.8 Å². The molecule has 1 aliphatic rings. The number of anilines is 1. The summed E-state index contributed by atoms with van der Waals surface area (Å²) in [5.41, 5.74) is 3.32. The summed E-state index contributed by atoms with van der Waals surface area (Å²) in [5, 5.41) is 8.72. The second-order valence-electron chi connectivity index (χ2n) is 6.42. The fraction of sp³-hybridized carbons (Fsp3) is 0.500. The quantitative estimate of drug-likeness (QED) is 0.855. The lowest BCUT2D eigenvalue weighted by Crippen LogP contribution is -2.45. The summed E-state index contributed by atoms with van der Waals surface area (Å²) >= 11 is 0. The van der Waals surface area contributed by atoms with Crippen LogP contribution in [0.5, 0.6) is 0 Å². The van der Waals surface area contributed by atoms with Crippen LogP contribution in [0.3, 0.4) is 0 Å². The van der Waals surface area contributed by atoms with Gasteiger partial charge in [0.25, 0.3) is 0 Å². The Morgan fingerprint density at radius 3 is 2.67 bits per heavy atom. The highest BCUT2D eigenvalue weighted by Gasteiger charge is 2.28. The molecule has 0 radical (unpaired) electrons. The van der Waals surface area contributed by atoms with Gasteiger partial charge in [0, 0.05) is 24.4 Å². The molecule has 0 saturated carbocycles. The third-order valence-electron chi connectivity index (χ3n) is 4.59. The molecule has 0 bridgehead atoms. The highest BCUT2D eigenvalue weighted by molar-refractivity contribution is 5.85. The first-order valence-corrected chi connectivity index (χ1v) is 7.66. The number of hydrogen-bond donors (Lipinski definition) is 1. The van der Waals surface area contributed by atoms with Crippen LogP contribution < -0.4 is 4.90 Å². The largest absolute Gasteiger partial charge is 0.478 e. The summed E-state index contributed by atoms with van der Waals surface area (Å²) in [5.74, 6) is 0.495. The molecule has 2 rings (SSSR count). The van der Waals surface area contributed by atoms with Crippen LogP contribution >= 0.6 is 0 Å². The molecule has 1 aromatic rings. The molecule has 1 heterocycles. The van der Waals surface area contributed by atoms with Gasteiger partial charge < -0.3 is 10.0 Å². The zero-order chi connectivity index (χ0) is 15.6. The summed E-state index contributed by atoms with van der Waals surface area (Å²) in [6, 6.07) is 6.83. The SMILES string of the molecule is Cc1cc(N2CC(C)CC(C)C2C)ccc1/C=C/C(=O)O. The lowest BCUT2D eigenvalue weighted by molar-refractivity contribution is -0.131. The van der Waals surface area contributed by atoms with E-state index in [1.165, 1.54) is 18.2 Å². The zero-order valence-electron chi connectivity index (χ0n) is 13.3. The van der Waals surface area contributed by atoms with Crippen LogP contribution in [0.25, 0.3) is 6.08 Å². The van der Waals surface area contributed by atoms with Gasteiger partial charge in [-0.25, -0.2) is 4.79 Å². The molecule has 1 fully saturated rings. The number of rotatable bonds is 3. The molecule has 1 aliphatic heterocycles. The first-order chi connectivity index (χ1) is 9.88. The molecular formula is C18H25NO2. The predicted molar refractivity (Wildman–Crippen MR) is 87.6 cm³/mol. The fourth-order valence-electron chi connectivity index (χ4n) is 3.24. The van der Waals surface area contributed by atoms with E-state index in [1.54, 1.807) is 6.08 Å². The molecule has 3 atom stereocenters. The van der Waals surface area contributed by atoms with Crippen LogP contribution in [0.15, 0.2) is 24.3 Å². The van der Waals surface area contributed by atoms with E-state index in [2.05, 4.69) is 37.8 Å². The van der Waals surface area contributed by atoms with E-state index in [0.29, 0.717) is 17.9 Å². The molecule has 3 unspecified atom stereocenters. The number of benzene rings is 1. The monoisotopic (exact) mass is 287 g/mol. The Morgan fingerprint density at radius 1 is 1.33 bits per heavy atom. The average molecular weight is 287 g/mol. The molecule has 3 heteroatoms. The van der Waals surface area contributed by atoms with Crippen molar-refractivity contribution in [3.8, 4) is 0 Å². The molecule has 0 amide bonds. The number of nitrogens with zero attached hydrogens (tertiary/aromatic N) is 1. The average Bonchev–Trinajstić information content (AvgIpc) is 2.41. The number of aryl methyl sites for hydroxylation is 1. The summed E-state index contributed by atoms with van der Waals surface area (Å²) in [6.45, 7) is 10.1. The standard InChI is InChI=1S/C18H25NO2/c1-12-9-13(2)15(4)19(11-12)17-7-5-16(14(3)10-17)6-8-18(20)21/h5-8,10,12-13,15H,9,11H2,1-4H3,(H,20,21)/b8-6+. The first-order valence-electron chi connectivity index (χ1n) is 7.66. The van der Waals surface area contributed by atoms with Crippen LogP contribution in [0.1, 0.15) is 38.3 Å². The Labute approximate surface area is 127 Å². The minimum absolute atomic E-state index is 0.543. The topological polar surface area (TPSA) is 40.5 Å². The molecule has 0 aliphatic carbocycles. The Kier molecular flexibility index (Phi) is 4.71. The van der Waals surface area contributed by atoms with E-state index in [4.69, 9.17) is 5.11 Å². The second kappa shape index (κ2) is 6.33. The molecule has 21 heavy (non-hydrogen) atoms. The third kappa shape index (κ3) is 3.66. The number of aliphatic carboxylic acids is 1. The Hall–Kier alpha value is -1.77. The van der Waals surface area contributed by atoms with E-state index in [-0.39, 0.29) is 0 Å². The predicted octanol–water partition coefficient (Wildman–Crippen LogP) is 3.96. The van der Waals surface area contributed by atoms with Gasteiger partial charge in [0.15, 0.2) is 0 Å². The van der Waals surface area contributed by atoms with E-state index in [9.17, 15) is 4.79 Å². The van der Waals surface area contributed by atoms with E-state index in [1.807, 2.05) is 13.0 Å². The molecule has 0 aromatic heterocycles. The van der Waals surface area contributed by atoms with Gasteiger partial charge in [-0.15, -0.1) is 0 Å². The highest BCUT2D eigenvalue weighted by atomic mass is 16.4. The molecule has 1 N–H and O–H groups in total. The number of piperidine rings is 1. The first kappa shape index (κ1) is 15.6. The summed E-state index contributed by atoms with van der Waals surface area (Å²) in [6.07, 6.45) is 4.14. The van der Waals surface area contributed by atoms with Gasteiger partial charge in [0.1, 0.15) is 0 Å². The summed E-state index contributed by atoms with van der Waals surface area (Å²) < 4.78 is 0. The molecule has 3 nitrogen and oxygen atoms in total. The normalized spacial score (nSPS) is 26.3. The number of carboxylic acid groups (broad SMARTS) is 1. The van der Waals surface area contributed by atoms with Crippen molar-refractivity contribution < 1.29 is 9.90 Å². The van der Waals surface area contributed by atoms with Gasteiger partial charge in [-0.05, 0) is 61.4 Å². The van der Waals surface area contributed by atoms with Crippen molar-refractivity contribution >= 4 is 17.7 Å². The van der Waals surface area contributed by atoms with Crippen LogP contribution in [-0.4, -0.2) is 23.7 Å². The summed E-state index contributed by atoms with van der Waals surface area (Å²) in [7, 11) is 0. The lowest BCUT2D eigenvalue weighted by atomic mass is 9.85. The maximum atomic E-state index is 10.6. The maximum absolute atomic E-state index is 10.6. The number of carbonyl (C=O) groups is 1. The Bertz CT molecular complexity index is 550. The van der Waals surface area contributed by atoms with Crippen LogP contribution in [0, 0.1) is 18.8 Å². The molecule has 1 saturated heterocycles.